The smallest absolute Gasteiger partial charge is 0.106 e. The van der Waals surface area contributed by atoms with Crippen LogP contribution in [0, 0.1) is 11.3 Å². The number of rotatable bonds is 2. The third-order valence-corrected chi connectivity index (χ3v) is 1.50. The van der Waals surface area contributed by atoms with Crippen LogP contribution in [0.15, 0.2) is 23.5 Å². The van der Waals surface area contributed by atoms with E-state index in [0.717, 1.165) is 0 Å². The molecule has 4 nitrogen and oxygen atoms in total. The van der Waals surface area contributed by atoms with Crippen LogP contribution in [-0.2, 0) is 4.84 Å². The third-order valence-electron chi connectivity index (χ3n) is 1.50. The quantitative estimate of drug-likeness (QED) is 0.503. The van der Waals surface area contributed by atoms with Crippen LogP contribution < -0.4 is 0 Å². The van der Waals surface area contributed by atoms with Gasteiger partial charge in [-0.15, -0.1) is 0 Å². The first-order valence-corrected chi connectivity index (χ1v) is 3.73. The molecule has 0 aliphatic heterocycles. The minimum absolute atomic E-state index is 0.501. The number of nitrogens with zero attached hydrogens (tertiary/aromatic N) is 3. The summed E-state index contributed by atoms with van der Waals surface area (Å²) in [6.45, 7) is 1.74. The van der Waals surface area contributed by atoms with Gasteiger partial charge in [-0.25, -0.2) is 0 Å². The molecule has 1 aromatic heterocycles. The molecule has 0 unspecified atom stereocenters. The first-order chi connectivity index (χ1) is 6.29. The maximum Gasteiger partial charge on any atom is 0.106 e. The molecular formula is C9H9N3O. The van der Waals surface area contributed by atoms with Gasteiger partial charge >= 0.3 is 0 Å². The highest BCUT2D eigenvalue weighted by atomic mass is 16.6. The maximum atomic E-state index is 8.75. The van der Waals surface area contributed by atoms with Crippen LogP contribution in [0.2, 0.25) is 0 Å². The van der Waals surface area contributed by atoms with Gasteiger partial charge in [0.25, 0.3) is 0 Å². The lowest BCUT2D eigenvalue weighted by molar-refractivity contribution is 0.213. The molecule has 0 aromatic carbocycles. The summed E-state index contributed by atoms with van der Waals surface area (Å²) in [5.41, 5.74) is 1.66. The van der Waals surface area contributed by atoms with E-state index in [9.17, 15) is 0 Å². The lowest BCUT2D eigenvalue weighted by Crippen LogP contribution is -2.02. The first-order valence-electron chi connectivity index (χ1n) is 3.73. The lowest BCUT2D eigenvalue weighted by atomic mass is 10.1. The Labute approximate surface area is 76.5 Å². The molecule has 13 heavy (non-hydrogen) atoms. The fourth-order valence-corrected chi connectivity index (χ4v) is 0.964. The minimum atomic E-state index is 0.501. The number of hydrogen-bond donors (Lipinski definition) is 0. The van der Waals surface area contributed by atoms with Gasteiger partial charge in [-0.2, -0.15) is 5.26 Å². The van der Waals surface area contributed by atoms with Crippen molar-refractivity contribution in [2.75, 3.05) is 7.11 Å². The number of hydrogen-bond acceptors (Lipinski definition) is 4. The molecule has 0 atom stereocenters. The molecule has 1 rings (SSSR count). The van der Waals surface area contributed by atoms with Gasteiger partial charge in [0.2, 0.25) is 0 Å². The maximum absolute atomic E-state index is 8.75. The van der Waals surface area contributed by atoms with Crippen LogP contribution in [0.3, 0.4) is 0 Å². The van der Waals surface area contributed by atoms with Gasteiger partial charge in [0.05, 0.1) is 5.56 Å². The summed E-state index contributed by atoms with van der Waals surface area (Å²) in [5, 5.41) is 12.5. The van der Waals surface area contributed by atoms with E-state index in [1.54, 1.807) is 25.3 Å². The average Bonchev–Trinajstić information content (AvgIpc) is 2.18. The van der Waals surface area contributed by atoms with Crippen LogP contribution in [0.1, 0.15) is 18.2 Å². The summed E-state index contributed by atoms with van der Waals surface area (Å²) >= 11 is 0. The van der Waals surface area contributed by atoms with E-state index in [-0.39, 0.29) is 0 Å². The highest BCUT2D eigenvalue weighted by Crippen LogP contribution is 2.04. The second-order valence-electron chi connectivity index (χ2n) is 2.37. The molecule has 1 aromatic rings. The van der Waals surface area contributed by atoms with Gasteiger partial charge in [0.15, 0.2) is 0 Å². The van der Waals surface area contributed by atoms with Crippen molar-refractivity contribution < 1.29 is 4.84 Å². The largest absolute Gasteiger partial charge is 0.399 e. The van der Waals surface area contributed by atoms with Gasteiger partial charge in [-0.1, -0.05) is 5.16 Å². The van der Waals surface area contributed by atoms with Crippen LogP contribution in [0.25, 0.3) is 0 Å². The number of oxime groups is 1. The molecule has 66 valence electrons. The molecule has 1 heterocycles. The predicted molar refractivity (Wildman–Crippen MR) is 48.2 cm³/mol. The van der Waals surface area contributed by atoms with E-state index < -0.39 is 0 Å². The molecule has 0 radical (unpaired) electrons. The SMILES string of the molecule is CO/N=C(\C)c1ncccc1C#N. The van der Waals surface area contributed by atoms with Gasteiger partial charge in [0.1, 0.15) is 24.6 Å². The summed E-state index contributed by atoms with van der Waals surface area (Å²) < 4.78 is 0. The standard InChI is InChI=1S/C9H9N3O/c1-7(12-13-2)9-8(6-10)4-3-5-11-9/h3-5H,1-2H3/b12-7+. The molecule has 0 saturated heterocycles. The van der Waals surface area contributed by atoms with Crippen LogP contribution in [-0.4, -0.2) is 17.8 Å². The van der Waals surface area contributed by atoms with E-state index in [0.29, 0.717) is 17.0 Å². The Morgan fingerprint density at radius 2 is 2.46 bits per heavy atom. The zero-order valence-electron chi connectivity index (χ0n) is 7.48. The van der Waals surface area contributed by atoms with Crippen LogP contribution >= 0.6 is 0 Å². The topological polar surface area (TPSA) is 58.3 Å². The molecule has 0 N–H and O–H groups in total. The minimum Gasteiger partial charge on any atom is -0.399 e. The highest BCUT2D eigenvalue weighted by molar-refractivity contribution is 5.98. The van der Waals surface area contributed by atoms with Crippen molar-refractivity contribution in [1.29, 1.82) is 5.26 Å². The monoisotopic (exact) mass is 175 g/mol. The Morgan fingerprint density at radius 3 is 3.08 bits per heavy atom. The molecular weight excluding hydrogens is 166 g/mol. The average molecular weight is 175 g/mol. The van der Waals surface area contributed by atoms with E-state index >= 15 is 0 Å². The van der Waals surface area contributed by atoms with Gasteiger partial charge < -0.3 is 4.84 Å². The summed E-state index contributed by atoms with van der Waals surface area (Å²) in [6.07, 6.45) is 1.62. The van der Waals surface area contributed by atoms with Crippen molar-refractivity contribution in [3.63, 3.8) is 0 Å². The van der Waals surface area contributed by atoms with E-state index in [1.807, 2.05) is 6.07 Å². The Hall–Kier alpha value is -1.89. The predicted octanol–water partition coefficient (Wildman–Crippen LogP) is 1.32. The summed E-state index contributed by atoms with van der Waals surface area (Å²) in [6, 6.07) is 5.44. The first kappa shape index (κ1) is 9.20. The second kappa shape index (κ2) is 4.21. The van der Waals surface area contributed by atoms with Crippen molar-refractivity contribution in [1.82, 2.24) is 4.98 Å². The molecule has 4 heteroatoms. The van der Waals surface area contributed by atoms with E-state index in [2.05, 4.69) is 15.0 Å². The second-order valence-corrected chi connectivity index (χ2v) is 2.37. The fourth-order valence-electron chi connectivity index (χ4n) is 0.964. The van der Waals surface area contributed by atoms with Crippen molar-refractivity contribution in [3.05, 3.63) is 29.6 Å². The fraction of sp³-hybridized carbons (Fsp3) is 0.222. The molecule has 0 aliphatic rings. The van der Waals surface area contributed by atoms with Crippen LogP contribution in [0.4, 0.5) is 0 Å². The summed E-state index contributed by atoms with van der Waals surface area (Å²) in [5.74, 6) is 0. The van der Waals surface area contributed by atoms with Crippen molar-refractivity contribution in [2.45, 2.75) is 6.92 Å². The van der Waals surface area contributed by atoms with Crippen molar-refractivity contribution in [3.8, 4) is 6.07 Å². The Balaban J connectivity index is 3.15. The zero-order valence-corrected chi connectivity index (χ0v) is 7.48. The van der Waals surface area contributed by atoms with E-state index in [1.165, 1.54) is 7.11 Å². The van der Waals surface area contributed by atoms with E-state index in [4.69, 9.17) is 5.26 Å². The molecule has 0 amide bonds. The van der Waals surface area contributed by atoms with Crippen LogP contribution in [0.5, 0.6) is 0 Å². The molecule has 0 saturated carbocycles. The summed E-state index contributed by atoms with van der Waals surface area (Å²) in [7, 11) is 1.46. The number of aromatic nitrogens is 1. The highest BCUT2D eigenvalue weighted by Gasteiger charge is 2.05. The zero-order chi connectivity index (χ0) is 9.68. The number of nitriles is 1. The van der Waals surface area contributed by atoms with Crippen molar-refractivity contribution in [2.24, 2.45) is 5.16 Å². The van der Waals surface area contributed by atoms with Crippen molar-refractivity contribution >= 4 is 5.71 Å². The Kier molecular flexibility index (Phi) is 2.98. The normalized spacial score (nSPS) is 10.7. The molecule has 0 fully saturated rings. The summed E-state index contributed by atoms with van der Waals surface area (Å²) in [4.78, 5) is 8.63. The molecule has 0 bridgehead atoms. The Morgan fingerprint density at radius 1 is 1.69 bits per heavy atom. The Bertz CT molecular complexity index is 365. The van der Waals surface area contributed by atoms with Gasteiger partial charge in [-0.05, 0) is 19.1 Å². The lowest BCUT2D eigenvalue weighted by Gasteiger charge is -1.99. The van der Waals surface area contributed by atoms with Gasteiger partial charge in [-0.3, -0.25) is 4.98 Å². The molecule has 0 spiro atoms. The van der Waals surface area contributed by atoms with Gasteiger partial charge in [0, 0.05) is 6.20 Å². The molecule has 0 aliphatic carbocycles. The third kappa shape index (κ3) is 2.03. The number of pyridine rings is 1.